The van der Waals surface area contributed by atoms with Crippen LogP contribution >= 0.6 is 27.7 Å². The van der Waals surface area contributed by atoms with E-state index in [2.05, 4.69) is 31.2 Å². The number of rotatable bonds is 4. The van der Waals surface area contributed by atoms with Crippen molar-refractivity contribution in [1.29, 1.82) is 0 Å². The second kappa shape index (κ2) is 8.42. The molecule has 2 heterocycles. The van der Waals surface area contributed by atoms with Gasteiger partial charge in [-0.05, 0) is 36.8 Å². The van der Waals surface area contributed by atoms with Gasteiger partial charge in [-0.1, -0.05) is 52.0 Å². The van der Waals surface area contributed by atoms with Crippen molar-refractivity contribution < 1.29 is 9.59 Å². The fourth-order valence-electron chi connectivity index (χ4n) is 3.32. The van der Waals surface area contributed by atoms with Gasteiger partial charge in [0.15, 0.2) is 5.16 Å². The number of hydrogen-bond donors (Lipinski definition) is 2. The molecule has 2 aromatic carbocycles. The number of benzene rings is 2. The van der Waals surface area contributed by atoms with Crippen molar-refractivity contribution in [3.05, 3.63) is 59.2 Å². The Kier molecular flexibility index (Phi) is 5.73. The average Bonchev–Trinajstić information content (AvgIpc) is 3.12. The maximum absolute atomic E-state index is 13.0. The lowest BCUT2D eigenvalue weighted by molar-refractivity contribution is -0.117. The molecule has 2 amide bonds. The van der Waals surface area contributed by atoms with E-state index in [1.807, 2.05) is 55.5 Å². The minimum Gasteiger partial charge on any atom is -0.333 e. The highest BCUT2D eigenvalue weighted by Gasteiger charge is 2.29. The van der Waals surface area contributed by atoms with Crippen molar-refractivity contribution in [3.63, 3.8) is 0 Å². The molecule has 6 nitrogen and oxygen atoms in total. The number of aromatic nitrogens is 2. The normalized spacial score (nSPS) is 16.1. The second-order valence-corrected chi connectivity index (χ2v) is 8.66. The van der Waals surface area contributed by atoms with E-state index >= 15 is 0 Å². The molecule has 0 bridgehead atoms. The number of halogens is 1. The summed E-state index contributed by atoms with van der Waals surface area (Å²) in [7, 11) is 0. The molecule has 29 heavy (non-hydrogen) atoms. The van der Waals surface area contributed by atoms with Crippen molar-refractivity contribution in [2.24, 2.45) is 0 Å². The summed E-state index contributed by atoms with van der Waals surface area (Å²) in [6, 6.07) is 15.1. The number of anilines is 2. The first kappa shape index (κ1) is 19.7. The van der Waals surface area contributed by atoms with Crippen molar-refractivity contribution in [2.75, 3.05) is 16.0 Å². The first-order valence-electron chi connectivity index (χ1n) is 9.16. The zero-order chi connectivity index (χ0) is 20.4. The fraction of sp³-hybridized carbons (Fsp3) is 0.190. The van der Waals surface area contributed by atoms with E-state index in [1.54, 1.807) is 11.1 Å². The second-order valence-electron chi connectivity index (χ2n) is 6.78. The summed E-state index contributed by atoms with van der Waals surface area (Å²) in [6.07, 6.45) is 2.03. The number of para-hydroxylation sites is 2. The Morgan fingerprint density at radius 2 is 2.00 bits per heavy atom. The number of carbonyl (C=O) groups is 2. The van der Waals surface area contributed by atoms with Gasteiger partial charge < -0.3 is 15.2 Å². The van der Waals surface area contributed by atoms with Crippen LogP contribution in [0.1, 0.15) is 13.3 Å². The van der Waals surface area contributed by atoms with Gasteiger partial charge in [0, 0.05) is 16.9 Å². The van der Waals surface area contributed by atoms with E-state index in [0.29, 0.717) is 10.8 Å². The number of nitrogens with one attached hydrogen (secondary N) is 2. The molecule has 3 aromatic rings. The number of carbonyl (C=O) groups excluding carboxylic acids is 2. The Labute approximate surface area is 181 Å². The number of nitrogens with zero attached hydrogens (tertiary/aromatic N) is 2. The molecule has 0 aliphatic carbocycles. The molecule has 0 fully saturated rings. The molecule has 0 saturated heterocycles. The highest BCUT2D eigenvalue weighted by molar-refractivity contribution is 9.10. The Morgan fingerprint density at radius 1 is 1.24 bits per heavy atom. The summed E-state index contributed by atoms with van der Waals surface area (Å²) >= 11 is 4.78. The van der Waals surface area contributed by atoms with Gasteiger partial charge in [0.05, 0.1) is 29.0 Å². The minimum atomic E-state index is -0.221. The molecule has 2 N–H and O–H groups in total. The SMILES string of the molecule is C[C@@H]1CC(=O)Nc2ccccc2N1C(=O)CSc1ncc(-c2ccc(Br)cc2)[nH]1. The topological polar surface area (TPSA) is 78.1 Å². The maximum atomic E-state index is 13.0. The standard InChI is InChI=1S/C21H19BrN4O2S/c1-13-10-19(27)24-16-4-2-3-5-18(16)26(13)20(28)12-29-21-23-11-17(25-21)14-6-8-15(22)9-7-14/h2-9,11,13H,10,12H2,1H3,(H,23,25)(H,24,27)/t13-/m1/s1. The van der Waals surface area contributed by atoms with Gasteiger partial charge in [0.2, 0.25) is 11.8 Å². The van der Waals surface area contributed by atoms with Crippen LogP contribution in [0.2, 0.25) is 0 Å². The van der Waals surface area contributed by atoms with Crippen LogP contribution in [0.3, 0.4) is 0 Å². The molecule has 0 spiro atoms. The number of imidazole rings is 1. The summed E-state index contributed by atoms with van der Waals surface area (Å²) in [5, 5.41) is 3.56. The molecule has 0 radical (unpaired) electrons. The Bertz CT molecular complexity index is 1050. The lowest BCUT2D eigenvalue weighted by atomic mass is 10.2. The third-order valence-electron chi connectivity index (χ3n) is 4.67. The maximum Gasteiger partial charge on any atom is 0.237 e. The van der Waals surface area contributed by atoms with Crippen LogP contribution in [0.25, 0.3) is 11.3 Å². The number of amides is 2. The highest BCUT2D eigenvalue weighted by Crippen LogP contribution is 2.32. The first-order chi connectivity index (χ1) is 14.0. The third kappa shape index (κ3) is 4.38. The van der Waals surface area contributed by atoms with Crippen molar-refractivity contribution in [3.8, 4) is 11.3 Å². The Morgan fingerprint density at radius 3 is 2.79 bits per heavy atom. The van der Waals surface area contributed by atoms with Crippen LogP contribution in [0.15, 0.2) is 64.4 Å². The monoisotopic (exact) mass is 470 g/mol. The molecule has 1 aliphatic rings. The number of H-pyrrole nitrogens is 1. The van der Waals surface area contributed by atoms with E-state index in [4.69, 9.17) is 0 Å². The number of thioether (sulfide) groups is 1. The van der Waals surface area contributed by atoms with E-state index < -0.39 is 0 Å². The predicted molar refractivity (Wildman–Crippen MR) is 119 cm³/mol. The zero-order valence-electron chi connectivity index (χ0n) is 15.7. The van der Waals surface area contributed by atoms with Gasteiger partial charge in [-0.25, -0.2) is 4.98 Å². The van der Waals surface area contributed by atoms with Gasteiger partial charge >= 0.3 is 0 Å². The van der Waals surface area contributed by atoms with Crippen LogP contribution in [0.4, 0.5) is 11.4 Å². The van der Waals surface area contributed by atoms with Crippen LogP contribution in [-0.2, 0) is 9.59 Å². The van der Waals surface area contributed by atoms with Gasteiger partial charge in [-0.15, -0.1) is 0 Å². The largest absolute Gasteiger partial charge is 0.333 e. The van der Waals surface area contributed by atoms with Gasteiger partial charge in [0.25, 0.3) is 0 Å². The van der Waals surface area contributed by atoms with Crippen LogP contribution in [0, 0.1) is 0 Å². The van der Waals surface area contributed by atoms with Crippen LogP contribution in [0.5, 0.6) is 0 Å². The summed E-state index contributed by atoms with van der Waals surface area (Å²) in [5.41, 5.74) is 3.32. The third-order valence-corrected chi connectivity index (χ3v) is 6.07. The van der Waals surface area contributed by atoms with E-state index in [0.717, 1.165) is 21.4 Å². The number of hydrogen-bond acceptors (Lipinski definition) is 4. The smallest absolute Gasteiger partial charge is 0.237 e. The van der Waals surface area contributed by atoms with Gasteiger partial charge in [0.1, 0.15) is 0 Å². The highest BCUT2D eigenvalue weighted by atomic mass is 79.9. The van der Waals surface area contributed by atoms with Gasteiger partial charge in [-0.2, -0.15) is 0 Å². The minimum absolute atomic E-state index is 0.0620. The number of fused-ring (bicyclic) bond motifs is 1. The molecule has 8 heteroatoms. The van der Waals surface area contributed by atoms with E-state index in [9.17, 15) is 9.59 Å². The molecule has 0 unspecified atom stereocenters. The molecular formula is C21H19BrN4O2S. The molecule has 1 aliphatic heterocycles. The molecule has 0 saturated carbocycles. The summed E-state index contributed by atoms with van der Waals surface area (Å²) in [5.74, 6) is 0.0753. The molecular weight excluding hydrogens is 452 g/mol. The van der Waals surface area contributed by atoms with Gasteiger partial charge in [-0.3, -0.25) is 9.59 Å². The molecule has 1 aromatic heterocycles. The van der Waals surface area contributed by atoms with E-state index in [1.165, 1.54) is 11.8 Å². The summed E-state index contributed by atoms with van der Waals surface area (Å²) in [4.78, 5) is 34.5. The summed E-state index contributed by atoms with van der Waals surface area (Å²) < 4.78 is 1.01. The molecule has 148 valence electrons. The fourth-order valence-corrected chi connectivity index (χ4v) is 4.29. The lowest BCUT2D eigenvalue weighted by Crippen LogP contribution is -2.40. The first-order valence-corrected chi connectivity index (χ1v) is 10.9. The number of aromatic amines is 1. The van der Waals surface area contributed by atoms with Crippen molar-refractivity contribution >= 4 is 50.9 Å². The quantitative estimate of drug-likeness (QED) is 0.541. The Balaban J connectivity index is 1.48. The van der Waals surface area contributed by atoms with Crippen LogP contribution in [-0.4, -0.2) is 33.6 Å². The average molecular weight is 471 g/mol. The Hall–Kier alpha value is -2.58. The lowest BCUT2D eigenvalue weighted by Gasteiger charge is -2.27. The molecule has 4 rings (SSSR count). The van der Waals surface area contributed by atoms with Crippen molar-refractivity contribution in [1.82, 2.24) is 9.97 Å². The van der Waals surface area contributed by atoms with Crippen molar-refractivity contribution in [2.45, 2.75) is 24.5 Å². The molecule has 1 atom stereocenters. The van der Waals surface area contributed by atoms with Crippen LogP contribution < -0.4 is 10.2 Å². The van der Waals surface area contributed by atoms with E-state index in [-0.39, 0.29) is 30.0 Å². The predicted octanol–water partition coefficient (Wildman–Crippen LogP) is 4.70. The zero-order valence-corrected chi connectivity index (χ0v) is 18.1. The summed E-state index contributed by atoms with van der Waals surface area (Å²) in [6.45, 7) is 1.89.